The topological polar surface area (TPSA) is 43.4 Å². The maximum atomic E-state index is 5.91. The summed E-state index contributed by atoms with van der Waals surface area (Å²) in [6.07, 6.45) is 0. The van der Waals surface area contributed by atoms with Crippen molar-refractivity contribution in [3.63, 3.8) is 0 Å². The van der Waals surface area contributed by atoms with Crippen LogP contribution in [0.1, 0.15) is 5.56 Å². The second-order valence-corrected chi connectivity index (χ2v) is 4.43. The van der Waals surface area contributed by atoms with Crippen LogP contribution >= 0.6 is 11.6 Å². The van der Waals surface area contributed by atoms with Gasteiger partial charge in [-0.3, -0.25) is 0 Å². The molecule has 1 aliphatic heterocycles. The fraction of sp³-hybridized carbons (Fsp3) is 0.154. The predicted molar refractivity (Wildman–Crippen MR) is 69.8 cm³/mol. The van der Waals surface area contributed by atoms with Crippen molar-refractivity contribution in [2.24, 2.45) is 0 Å². The lowest BCUT2D eigenvalue weighted by Crippen LogP contribution is -1.94. The van der Waals surface area contributed by atoms with Gasteiger partial charge < -0.3 is 14.8 Å². The molecule has 1 N–H and O–H groups in total. The third-order valence-electron chi connectivity index (χ3n) is 2.58. The van der Waals surface area contributed by atoms with E-state index in [-0.39, 0.29) is 6.79 Å². The number of nitrogens with zero attached hydrogens (tertiary/aromatic N) is 1. The second kappa shape index (κ2) is 4.38. The van der Waals surface area contributed by atoms with Crippen molar-refractivity contribution < 1.29 is 9.47 Å². The van der Waals surface area contributed by atoms with Crippen molar-refractivity contribution in [2.75, 3.05) is 12.1 Å². The lowest BCUT2D eigenvalue weighted by molar-refractivity contribution is 0.174. The zero-order valence-corrected chi connectivity index (χ0v) is 10.5. The zero-order chi connectivity index (χ0) is 12.5. The van der Waals surface area contributed by atoms with Gasteiger partial charge in [-0.1, -0.05) is 11.6 Å². The monoisotopic (exact) mass is 262 g/mol. The first-order valence-electron chi connectivity index (χ1n) is 5.51. The van der Waals surface area contributed by atoms with Gasteiger partial charge >= 0.3 is 0 Å². The number of hydrogen-bond donors (Lipinski definition) is 1. The number of nitrogens with one attached hydrogen (secondary N) is 1. The van der Waals surface area contributed by atoms with Gasteiger partial charge in [-0.25, -0.2) is 4.98 Å². The number of hydrogen-bond acceptors (Lipinski definition) is 4. The summed E-state index contributed by atoms with van der Waals surface area (Å²) in [6.45, 7) is 2.24. The summed E-state index contributed by atoms with van der Waals surface area (Å²) in [5.41, 5.74) is 1.94. The molecule has 1 aromatic carbocycles. The number of halogens is 1. The number of pyridine rings is 1. The average Bonchev–Trinajstić information content (AvgIpc) is 2.74. The SMILES string of the molecule is Cc1cc(Cl)nc(Nc2ccc3c(c2)OCO3)c1. The van der Waals surface area contributed by atoms with Crippen LogP contribution in [0, 0.1) is 6.92 Å². The van der Waals surface area contributed by atoms with Crippen LogP contribution in [0.4, 0.5) is 11.5 Å². The van der Waals surface area contributed by atoms with Gasteiger partial charge in [0.05, 0.1) is 0 Å². The van der Waals surface area contributed by atoms with Crippen LogP contribution < -0.4 is 14.8 Å². The van der Waals surface area contributed by atoms with E-state index in [0.29, 0.717) is 11.0 Å². The van der Waals surface area contributed by atoms with Crippen LogP contribution in [-0.2, 0) is 0 Å². The number of ether oxygens (including phenoxy) is 2. The normalized spacial score (nSPS) is 12.6. The lowest BCUT2D eigenvalue weighted by atomic mass is 10.2. The molecule has 2 heterocycles. The number of aryl methyl sites for hydroxylation is 1. The van der Waals surface area contributed by atoms with Crippen molar-refractivity contribution in [1.29, 1.82) is 0 Å². The average molecular weight is 263 g/mol. The Kier molecular flexibility index (Phi) is 2.72. The second-order valence-electron chi connectivity index (χ2n) is 4.05. The Morgan fingerprint density at radius 3 is 2.83 bits per heavy atom. The lowest BCUT2D eigenvalue weighted by Gasteiger charge is -2.07. The van der Waals surface area contributed by atoms with Gasteiger partial charge in [0.25, 0.3) is 0 Å². The fourth-order valence-electron chi connectivity index (χ4n) is 1.81. The van der Waals surface area contributed by atoms with Crippen LogP contribution in [0.2, 0.25) is 5.15 Å². The molecule has 18 heavy (non-hydrogen) atoms. The summed E-state index contributed by atoms with van der Waals surface area (Å²) in [5, 5.41) is 3.65. The van der Waals surface area contributed by atoms with Gasteiger partial charge in [0, 0.05) is 11.8 Å². The maximum absolute atomic E-state index is 5.91. The molecule has 0 atom stereocenters. The number of benzene rings is 1. The Bertz CT molecular complexity index is 581. The minimum Gasteiger partial charge on any atom is -0.454 e. The molecule has 0 saturated carbocycles. The maximum Gasteiger partial charge on any atom is 0.231 e. The molecular weight excluding hydrogens is 252 g/mol. The number of anilines is 2. The van der Waals surface area contributed by atoms with E-state index in [1.54, 1.807) is 0 Å². The molecular formula is C13H11ClN2O2. The van der Waals surface area contributed by atoms with E-state index >= 15 is 0 Å². The van der Waals surface area contributed by atoms with Gasteiger partial charge in [-0.15, -0.1) is 0 Å². The van der Waals surface area contributed by atoms with Crippen LogP contribution in [-0.4, -0.2) is 11.8 Å². The number of aromatic nitrogens is 1. The van der Waals surface area contributed by atoms with E-state index < -0.39 is 0 Å². The predicted octanol–water partition coefficient (Wildman–Crippen LogP) is 3.52. The molecule has 0 saturated heterocycles. The van der Waals surface area contributed by atoms with E-state index in [2.05, 4.69) is 10.3 Å². The van der Waals surface area contributed by atoms with E-state index in [1.807, 2.05) is 37.3 Å². The van der Waals surface area contributed by atoms with Crippen molar-refractivity contribution in [3.05, 3.63) is 41.0 Å². The quantitative estimate of drug-likeness (QED) is 0.841. The molecule has 5 heteroatoms. The third-order valence-corrected chi connectivity index (χ3v) is 2.78. The first-order valence-corrected chi connectivity index (χ1v) is 5.89. The molecule has 0 amide bonds. The first kappa shape index (κ1) is 11.2. The highest BCUT2D eigenvalue weighted by Gasteiger charge is 2.13. The molecule has 0 radical (unpaired) electrons. The van der Waals surface area contributed by atoms with Crippen molar-refractivity contribution in [3.8, 4) is 11.5 Å². The minimum atomic E-state index is 0.271. The number of fused-ring (bicyclic) bond motifs is 1. The van der Waals surface area contributed by atoms with E-state index in [9.17, 15) is 0 Å². The van der Waals surface area contributed by atoms with Gasteiger partial charge in [0.2, 0.25) is 6.79 Å². The van der Waals surface area contributed by atoms with Crippen molar-refractivity contribution in [1.82, 2.24) is 4.98 Å². The van der Waals surface area contributed by atoms with Gasteiger partial charge in [-0.2, -0.15) is 0 Å². The van der Waals surface area contributed by atoms with E-state index in [4.69, 9.17) is 21.1 Å². The molecule has 1 aromatic heterocycles. The van der Waals surface area contributed by atoms with Crippen LogP contribution in [0.3, 0.4) is 0 Å². The van der Waals surface area contributed by atoms with Crippen molar-refractivity contribution >= 4 is 23.1 Å². The highest BCUT2D eigenvalue weighted by Crippen LogP contribution is 2.35. The highest BCUT2D eigenvalue weighted by atomic mass is 35.5. The summed E-state index contributed by atoms with van der Waals surface area (Å²) in [6, 6.07) is 9.39. The first-order chi connectivity index (χ1) is 8.70. The number of rotatable bonds is 2. The van der Waals surface area contributed by atoms with Gasteiger partial charge in [-0.05, 0) is 36.8 Å². The molecule has 3 rings (SSSR count). The summed E-state index contributed by atoms with van der Waals surface area (Å²) in [4.78, 5) is 4.21. The van der Waals surface area contributed by atoms with E-state index in [0.717, 1.165) is 22.7 Å². The smallest absolute Gasteiger partial charge is 0.231 e. The standard InChI is InChI=1S/C13H11ClN2O2/c1-8-4-12(14)16-13(5-8)15-9-2-3-10-11(6-9)18-7-17-10/h2-6H,7H2,1H3,(H,15,16). The molecule has 4 nitrogen and oxygen atoms in total. The molecule has 0 bridgehead atoms. The van der Waals surface area contributed by atoms with Crippen molar-refractivity contribution in [2.45, 2.75) is 6.92 Å². The highest BCUT2D eigenvalue weighted by molar-refractivity contribution is 6.29. The summed E-state index contributed by atoms with van der Waals surface area (Å²) in [5.74, 6) is 2.20. The van der Waals surface area contributed by atoms with E-state index in [1.165, 1.54) is 0 Å². The Morgan fingerprint density at radius 1 is 1.17 bits per heavy atom. The summed E-state index contributed by atoms with van der Waals surface area (Å²) >= 11 is 5.91. The summed E-state index contributed by atoms with van der Waals surface area (Å²) in [7, 11) is 0. The third kappa shape index (κ3) is 2.19. The van der Waals surface area contributed by atoms with Crippen LogP contribution in [0.25, 0.3) is 0 Å². The molecule has 0 fully saturated rings. The minimum absolute atomic E-state index is 0.271. The largest absolute Gasteiger partial charge is 0.454 e. The molecule has 0 aliphatic carbocycles. The Balaban J connectivity index is 1.88. The fourth-order valence-corrected chi connectivity index (χ4v) is 2.07. The van der Waals surface area contributed by atoms with Crippen LogP contribution in [0.15, 0.2) is 30.3 Å². The molecule has 92 valence electrons. The Hall–Kier alpha value is -1.94. The molecule has 1 aliphatic rings. The van der Waals surface area contributed by atoms with Crippen LogP contribution in [0.5, 0.6) is 11.5 Å². The Morgan fingerprint density at radius 2 is 2.00 bits per heavy atom. The summed E-state index contributed by atoms with van der Waals surface area (Å²) < 4.78 is 10.6. The van der Waals surface area contributed by atoms with Gasteiger partial charge in [0.1, 0.15) is 11.0 Å². The van der Waals surface area contributed by atoms with Gasteiger partial charge in [0.15, 0.2) is 11.5 Å². The molecule has 2 aromatic rings. The zero-order valence-electron chi connectivity index (χ0n) is 9.74. The Labute approximate surface area is 110 Å². The molecule has 0 unspecified atom stereocenters. The molecule has 0 spiro atoms.